The minimum atomic E-state index is -0.357. The van der Waals surface area contributed by atoms with Crippen LogP contribution >= 0.6 is 0 Å². The normalized spacial score (nSPS) is 12.4. The van der Waals surface area contributed by atoms with Gasteiger partial charge in [0.15, 0.2) is 0 Å². The van der Waals surface area contributed by atoms with Crippen LogP contribution in [0.2, 0.25) is 0 Å². The molecule has 0 saturated carbocycles. The first-order chi connectivity index (χ1) is 9.24. The number of aromatic nitrogens is 1. The summed E-state index contributed by atoms with van der Waals surface area (Å²) in [6.45, 7) is 2.83. The van der Waals surface area contributed by atoms with Crippen LogP contribution < -0.4 is 4.74 Å². The maximum absolute atomic E-state index is 9.96. The van der Waals surface area contributed by atoms with Crippen molar-refractivity contribution in [3.05, 3.63) is 53.9 Å². The van der Waals surface area contributed by atoms with Gasteiger partial charge >= 0.3 is 0 Å². The number of aliphatic hydroxyl groups excluding tert-OH is 1. The van der Waals surface area contributed by atoms with Crippen LogP contribution in [-0.4, -0.2) is 16.8 Å². The molecule has 3 nitrogen and oxygen atoms in total. The molecular weight excluding hydrogens is 238 g/mol. The molecule has 1 aromatic heterocycles. The molecule has 0 aliphatic heterocycles. The number of hydrogen-bond acceptors (Lipinski definition) is 2. The minimum Gasteiger partial charge on any atom is -0.496 e. The zero-order valence-corrected chi connectivity index (χ0v) is 11.5. The van der Waals surface area contributed by atoms with Crippen molar-refractivity contribution in [3.63, 3.8) is 0 Å². The van der Waals surface area contributed by atoms with Gasteiger partial charge in [0.25, 0.3) is 0 Å². The Morgan fingerprint density at radius 1 is 1.26 bits per heavy atom. The van der Waals surface area contributed by atoms with E-state index in [-0.39, 0.29) is 6.10 Å². The van der Waals surface area contributed by atoms with Crippen LogP contribution in [0.15, 0.2) is 42.7 Å². The molecule has 1 aromatic carbocycles. The summed E-state index contributed by atoms with van der Waals surface area (Å²) in [5.41, 5.74) is 2.12. The maximum Gasteiger partial charge on any atom is 0.123 e. The van der Waals surface area contributed by atoms with Crippen molar-refractivity contribution < 1.29 is 9.84 Å². The highest BCUT2D eigenvalue weighted by atomic mass is 16.5. The standard InChI is InChI=1S/C16H21NO2/c1-3-6-15(18)13-9-10-17(11-13)12-14-7-4-5-8-16(14)19-2/h4-5,7-11,15,18H,3,6,12H2,1-2H3. The molecule has 1 N–H and O–H groups in total. The number of para-hydroxylation sites is 1. The molecule has 1 unspecified atom stereocenters. The quantitative estimate of drug-likeness (QED) is 0.863. The Labute approximate surface area is 114 Å². The third kappa shape index (κ3) is 3.38. The van der Waals surface area contributed by atoms with E-state index in [0.29, 0.717) is 0 Å². The van der Waals surface area contributed by atoms with Crippen LogP contribution in [0.5, 0.6) is 5.75 Å². The summed E-state index contributed by atoms with van der Waals surface area (Å²) < 4.78 is 7.42. The Bertz CT molecular complexity index is 519. The number of nitrogens with zero attached hydrogens (tertiary/aromatic N) is 1. The predicted molar refractivity (Wildman–Crippen MR) is 76.4 cm³/mol. The highest BCUT2D eigenvalue weighted by Crippen LogP contribution is 2.21. The Kier molecular flexibility index (Phi) is 4.63. The van der Waals surface area contributed by atoms with Gasteiger partial charge < -0.3 is 14.4 Å². The third-order valence-electron chi connectivity index (χ3n) is 3.27. The Morgan fingerprint density at radius 3 is 2.79 bits per heavy atom. The first kappa shape index (κ1) is 13.7. The SMILES string of the molecule is CCCC(O)c1ccn(Cc2ccccc2OC)c1. The second-order valence-corrected chi connectivity index (χ2v) is 4.73. The summed E-state index contributed by atoms with van der Waals surface area (Å²) in [5, 5.41) is 9.96. The van der Waals surface area contributed by atoms with E-state index in [2.05, 4.69) is 17.6 Å². The lowest BCUT2D eigenvalue weighted by Gasteiger charge is -2.09. The summed E-state index contributed by atoms with van der Waals surface area (Å²) in [6, 6.07) is 9.98. The lowest BCUT2D eigenvalue weighted by atomic mass is 10.1. The average molecular weight is 259 g/mol. The van der Waals surface area contributed by atoms with E-state index < -0.39 is 0 Å². The molecule has 19 heavy (non-hydrogen) atoms. The molecule has 2 rings (SSSR count). The van der Waals surface area contributed by atoms with E-state index in [9.17, 15) is 5.11 Å². The fourth-order valence-corrected chi connectivity index (χ4v) is 2.23. The first-order valence-electron chi connectivity index (χ1n) is 6.70. The number of benzene rings is 1. The molecule has 0 aliphatic carbocycles. The van der Waals surface area contributed by atoms with Crippen LogP contribution in [0, 0.1) is 0 Å². The summed E-state index contributed by atoms with van der Waals surface area (Å²) in [7, 11) is 1.69. The zero-order valence-electron chi connectivity index (χ0n) is 11.5. The smallest absolute Gasteiger partial charge is 0.123 e. The summed E-state index contributed by atoms with van der Waals surface area (Å²) in [4.78, 5) is 0. The Morgan fingerprint density at radius 2 is 2.05 bits per heavy atom. The van der Waals surface area contributed by atoms with E-state index in [1.807, 2.05) is 36.7 Å². The van der Waals surface area contributed by atoms with E-state index in [1.54, 1.807) is 7.11 Å². The minimum absolute atomic E-state index is 0.357. The van der Waals surface area contributed by atoms with E-state index in [4.69, 9.17) is 4.74 Å². The number of ether oxygens (including phenoxy) is 1. The van der Waals surface area contributed by atoms with Gasteiger partial charge in [-0.25, -0.2) is 0 Å². The van der Waals surface area contributed by atoms with Crippen molar-refractivity contribution in [1.29, 1.82) is 0 Å². The van der Waals surface area contributed by atoms with Crippen molar-refractivity contribution in [1.82, 2.24) is 4.57 Å². The lowest BCUT2D eigenvalue weighted by molar-refractivity contribution is 0.166. The summed E-state index contributed by atoms with van der Waals surface area (Å²) in [6.07, 6.45) is 5.44. The van der Waals surface area contributed by atoms with Crippen molar-refractivity contribution in [2.75, 3.05) is 7.11 Å². The first-order valence-corrected chi connectivity index (χ1v) is 6.70. The van der Waals surface area contributed by atoms with Crippen LogP contribution in [0.1, 0.15) is 37.0 Å². The van der Waals surface area contributed by atoms with E-state index in [1.165, 1.54) is 0 Å². The highest BCUT2D eigenvalue weighted by Gasteiger charge is 2.09. The molecule has 0 bridgehead atoms. The van der Waals surface area contributed by atoms with Crippen LogP contribution in [0.4, 0.5) is 0 Å². The fraction of sp³-hybridized carbons (Fsp3) is 0.375. The number of hydrogen-bond donors (Lipinski definition) is 1. The molecular formula is C16H21NO2. The molecule has 0 aliphatic rings. The topological polar surface area (TPSA) is 34.4 Å². The monoisotopic (exact) mass is 259 g/mol. The van der Waals surface area contributed by atoms with Gasteiger partial charge in [0.1, 0.15) is 5.75 Å². The molecule has 0 amide bonds. The van der Waals surface area contributed by atoms with Gasteiger partial charge in [-0.15, -0.1) is 0 Å². The largest absolute Gasteiger partial charge is 0.496 e. The molecule has 3 heteroatoms. The second kappa shape index (κ2) is 6.43. The van der Waals surface area contributed by atoms with Crippen LogP contribution in [-0.2, 0) is 6.54 Å². The van der Waals surface area contributed by atoms with Crippen LogP contribution in [0.3, 0.4) is 0 Å². The summed E-state index contributed by atoms with van der Waals surface area (Å²) in [5.74, 6) is 0.895. The second-order valence-electron chi connectivity index (χ2n) is 4.73. The van der Waals surface area contributed by atoms with E-state index in [0.717, 1.165) is 36.3 Å². The predicted octanol–water partition coefficient (Wildman–Crippen LogP) is 3.38. The van der Waals surface area contributed by atoms with Gasteiger partial charge in [-0.3, -0.25) is 0 Å². The third-order valence-corrected chi connectivity index (χ3v) is 3.27. The Hall–Kier alpha value is -1.74. The fourth-order valence-electron chi connectivity index (χ4n) is 2.23. The highest BCUT2D eigenvalue weighted by molar-refractivity contribution is 5.33. The average Bonchev–Trinajstić information content (AvgIpc) is 2.88. The molecule has 0 fully saturated rings. The number of rotatable bonds is 6. The zero-order chi connectivity index (χ0) is 13.7. The van der Waals surface area contributed by atoms with Gasteiger partial charge in [0.05, 0.1) is 19.8 Å². The van der Waals surface area contributed by atoms with E-state index >= 15 is 0 Å². The molecule has 2 aromatic rings. The molecule has 0 saturated heterocycles. The maximum atomic E-state index is 9.96. The van der Waals surface area contributed by atoms with Gasteiger partial charge in [0, 0.05) is 18.0 Å². The van der Waals surface area contributed by atoms with Crippen molar-refractivity contribution in [3.8, 4) is 5.75 Å². The van der Waals surface area contributed by atoms with Crippen molar-refractivity contribution in [2.45, 2.75) is 32.4 Å². The molecule has 1 heterocycles. The van der Waals surface area contributed by atoms with Gasteiger partial charge in [-0.05, 0) is 24.1 Å². The Balaban J connectivity index is 2.11. The van der Waals surface area contributed by atoms with Gasteiger partial charge in [-0.1, -0.05) is 31.5 Å². The van der Waals surface area contributed by atoms with Gasteiger partial charge in [-0.2, -0.15) is 0 Å². The molecule has 0 radical (unpaired) electrons. The van der Waals surface area contributed by atoms with Crippen LogP contribution in [0.25, 0.3) is 0 Å². The lowest BCUT2D eigenvalue weighted by Crippen LogP contribution is -2.00. The van der Waals surface area contributed by atoms with Crippen molar-refractivity contribution >= 4 is 0 Å². The number of methoxy groups -OCH3 is 1. The molecule has 0 spiro atoms. The molecule has 102 valence electrons. The number of aliphatic hydroxyl groups is 1. The van der Waals surface area contributed by atoms with Crippen molar-refractivity contribution in [2.24, 2.45) is 0 Å². The summed E-state index contributed by atoms with van der Waals surface area (Å²) >= 11 is 0. The molecule has 1 atom stereocenters. The van der Waals surface area contributed by atoms with Gasteiger partial charge in [0.2, 0.25) is 0 Å².